The summed E-state index contributed by atoms with van der Waals surface area (Å²) in [4.78, 5) is 4.55. The predicted octanol–water partition coefficient (Wildman–Crippen LogP) is 2.49. The number of ether oxygens (including phenoxy) is 1. The molecule has 1 aliphatic rings. The van der Waals surface area contributed by atoms with Gasteiger partial charge in [0, 0.05) is 6.61 Å². The molecule has 88 valence electrons. The lowest BCUT2D eigenvalue weighted by molar-refractivity contribution is 0.0193. The first-order valence-electron chi connectivity index (χ1n) is 5.89. The van der Waals surface area contributed by atoms with Crippen LogP contribution in [0.3, 0.4) is 0 Å². The fraction of sp³-hybridized carbons (Fsp3) is 0.917. The summed E-state index contributed by atoms with van der Waals surface area (Å²) < 4.78 is 5.84. The molecule has 1 aliphatic carbocycles. The highest BCUT2D eigenvalue weighted by molar-refractivity contribution is 5.89. The molecule has 0 saturated heterocycles. The minimum absolute atomic E-state index is 0.114. The SMILES string of the molecule is CCOC1(C(N)=NC(C)(C)C)CCCC1. The van der Waals surface area contributed by atoms with Crippen LogP contribution in [0.2, 0.25) is 0 Å². The summed E-state index contributed by atoms with van der Waals surface area (Å²) in [5, 5.41) is 0. The minimum atomic E-state index is -0.262. The molecule has 0 unspecified atom stereocenters. The zero-order valence-corrected chi connectivity index (χ0v) is 10.5. The van der Waals surface area contributed by atoms with Crippen molar-refractivity contribution in [2.45, 2.75) is 64.5 Å². The van der Waals surface area contributed by atoms with Gasteiger partial charge in [-0.1, -0.05) is 0 Å². The van der Waals surface area contributed by atoms with Crippen molar-refractivity contribution in [2.75, 3.05) is 6.61 Å². The Labute approximate surface area is 93.1 Å². The summed E-state index contributed by atoms with van der Waals surface area (Å²) in [6.45, 7) is 8.92. The van der Waals surface area contributed by atoms with Crippen molar-refractivity contribution in [2.24, 2.45) is 10.7 Å². The Morgan fingerprint density at radius 3 is 2.27 bits per heavy atom. The van der Waals surface area contributed by atoms with Crippen LogP contribution in [0.15, 0.2) is 4.99 Å². The second-order valence-electron chi connectivity index (χ2n) is 5.30. The highest BCUT2D eigenvalue weighted by atomic mass is 16.5. The maximum Gasteiger partial charge on any atom is 0.127 e. The average Bonchev–Trinajstić information content (AvgIpc) is 2.51. The van der Waals surface area contributed by atoms with E-state index in [1.807, 2.05) is 6.92 Å². The van der Waals surface area contributed by atoms with Crippen molar-refractivity contribution in [3.63, 3.8) is 0 Å². The van der Waals surface area contributed by atoms with E-state index in [9.17, 15) is 0 Å². The molecule has 0 amide bonds. The van der Waals surface area contributed by atoms with Crippen LogP contribution in [0.1, 0.15) is 53.4 Å². The maximum atomic E-state index is 6.11. The van der Waals surface area contributed by atoms with Gasteiger partial charge in [0.15, 0.2) is 0 Å². The van der Waals surface area contributed by atoms with Crippen LogP contribution in [-0.4, -0.2) is 23.6 Å². The molecule has 1 fully saturated rings. The molecule has 0 spiro atoms. The van der Waals surface area contributed by atoms with Crippen molar-refractivity contribution in [3.8, 4) is 0 Å². The number of rotatable bonds is 3. The zero-order chi connectivity index (χ0) is 11.5. The van der Waals surface area contributed by atoms with Gasteiger partial charge in [0.2, 0.25) is 0 Å². The van der Waals surface area contributed by atoms with E-state index in [4.69, 9.17) is 10.5 Å². The van der Waals surface area contributed by atoms with Crippen LogP contribution in [0.4, 0.5) is 0 Å². The second-order valence-corrected chi connectivity index (χ2v) is 5.30. The van der Waals surface area contributed by atoms with Crippen LogP contribution in [0.25, 0.3) is 0 Å². The average molecular weight is 212 g/mol. The van der Waals surface area contributed by atoms with Crippen LogP contribution in [0, 0.1) is 0 Å². The lowest BCUT2D eigenvalue weighted by atomic mass is 9.99. The number of aliphatic imine (C=N–C) groups is 1. The number of hydrogen-bond donors (Lipinski definition) is 1. The molecule has 1 rings (SSSR count). The minimum Gasteiger partial charge on any atom is -0.385 e. The normalized spacial score (nSPS) is 22.0. The molecule has 0 aliphatic heterocycles. The molecular formula is C12H24N2O. The van der Waals surface area contributed by atoms with E-state index in [-0.39, 0.29) is 11.1 Å². The molecule has 0 heterocycles. The van der Waals surface area contributed by atoms with Gasteiger partial charge in [-0.15, -0.1) is 0 Å². The summed E-state index contributed by atoms with van der Waals surface area (Å²) in [5.74, 6) is 0.689. The highest BCUT2D eigenvalue weighted by Gasteiger charge is 2.39. The number of nitrogens with two attached hydrogens (primary N) is 1. The third kappa shape index (κ3) is 3.20. The zero-order valence-electron chi connectivity index (χ0n) is 10.5. The lowest BCUT2D eigenvalue weighted by Gasteiger charge is -2.30. The van der Waals surface area contributed by atoms with Gasteiger partial charge in [-0.2, -0.15) is 0 Å². The Morgan fingerprint density at radius 1 is 1.33 bits per heavy atom. The van der Waals surface area contributed by atoms with Crippen LogP contribution >= 0.6 is 0 Å². The van der Waals surface area contributed by atoms with Gasteiger partial charge in [0.1, 0.15) is 11.4 Å². The monoisotopic (exact) mass is 212 g/mol. The fourth-order valence-electron chi connectivity index (χ4n) is 2.16. The molecule has 0 aromatic rings. The molecular weight excluding hydrogens is 188 g/mol. The van der Waals surface area contributed by atoms with E-state index < -0.39 is 0 Å². The Kier molecular flexibility index (Phi) is 3.77. The largest absolute Gasteiger partial charge is 0.385 e. The van der Waals surface area contributed by atoms with Gasteiger partial charge in [-0.25, -0.2) is 0 Å². The van der Waals surface area contributed by atoms with E-state index in [0.29, 0.717) is 12.4 Å². The molecule has 1 saturated carbocycles. The van der Waals surface area contributed by atoms with Crippen LogP contribution < -0.4 is 5.73 Å². The Hall–Kier alpha value is -0.570. The van der Waals surface area contributed by atoms with Gasteiger partial charge >= 0.3 is 0 Å². The van der Waals surface area contributed by atoms with Crippen LogP contribution in [0.5, 0.6) is 0 Å². The van der Waals surface area contributed by atoms with Gasteiger partial charge < -0.3 is 10.5 Å². The van der Waals surface area contributed by atoms with Crippen molar-refractivity contribution in [3.05, 3.63) is 0 Å². The molecule has 0 bridgehead atoms. The predicted molar refractivity (Wildman–Crippen MR) is 64.2 cm³/mol. The van der Waals surface area contributed by atoms with Gasteiger partial charge in [0.25, 0.3) is 0 Å². The van der Waals surface area contributed by atoms with E-state index in [1.165, 1.54) is 12.8 Å². The topological polar surface area (TPSA) is 47.6 Å². The number of amidine groups is 1. The first-order chi connectivity index (χ1) is 6.90. The Morgan fingerprint density at radius 2 is 1.87 bits per heavy atom. The van der Waals surface area contributed by atoms with Crippen molar-refractivity contribution < 1.29 is 4.74 Å². The Bertz CT molecular complexity index is 234. The van der Waals surface area contributed by atoms with Gasteiger partial charge in [0.05, 0.1) is 5.54 Å². The molecule has 0 aromatic carbocycles. The molecule has 2 N–H and O–H groups in total. The quantitative estimate of drug-likeness (QED) is 0.577. The number of hydrogen-bond acceptors (Lipinski definition) is 2. The summed E-state index contributed by atoms with van der Waals surface area (Å²) in [5.41, 5.74) is 5.73. The molecule has 3 nitrogen and oxygen atoms in total. The maximum absolute atomic E-state index is 6.11. The third-order valence-corrected chi connectivity index (χ3v) is 2.75. The fourth-order valence-corrected chi connectivity index (χ4v) is 2.16. The van der Waals surface area contributed by atoms with Crippen molar-refractivity contribution in [1.82, 2.24) is 0 Å². The molecule has 0 aromatic heterocycles. The van der Waals surface area contributed by atoms with Gasteiger partial charge in [-0.05, 0) is 53.4 Å². The smallest absolute Gasteiger partial charge is 0.127 e. The Balaban J connectivity index is 2.85. The van der Waals surface area contributed by atoms with Crippen molar-refractivity contribution >= 4 is 5.84 Å². The first kappa shape index (κ1) is 12.5. The van der Waals surface area contributed by atoms with E-state index in [2.05, 4.69) is 25.8 Å². The first-order valence-corrected chi connectivity index (χ1v) is 5.89. The van der Waals surface area contributed by atoms with E-state index in [0.717, 1.165) is 12.8 Å². The number of nitrogens with zero attached hydrogens (tertiary/aromatic N) is 1. The van der Waals surface area contributed by atoms with E-state index in [1.54, 1.807) is 0 Å². The third-order valence-electron chi connectivity index (χ3n) is 2.75. The van der Waals surface area contributed by atoms with Crippen LogP contribution in [-0.2, 0) is 4.74 Å². The molecule has 15 heavy (non-hydrogen) atoms. The summed E-state index contributed by atoms with van der Waals surface area (Å²) in [6, 6.07) is 0. The summed E-state index contributed by atoms with van der Waals surface area (Å²) >= 11 is 0. The van der Waals surface area contributed by atoms with Gasteiger partial charge in [-0.3, -0.25) is 4.99 Å². The molecule has 0 atom stereocenters. The van der Waals surface area contributed by atoms with E-state index >= 15 is 0 Å². The second kappa shape index (κ2) is 4.52. The highest BCUT2D eigenvalue weighted by Crippen LogP contribution is 2.34. The lowest BCUT2D eigenvalue weighted by Crippen LogP contribution is -2.45. The molecule has 3 heteroatoms. The standard InChI is InChI=1S/C12H24N2O/c1-5-15-12(8-6-7-9-12)10(13)14-11(2,3)4/h5-9H2,1-4H3,(H2,13,14). The summed E-state index contributed by atoms with van der Waals surface area (Å²) in [7, 11) is 0. The summed E-state index contributed by atoms with van der Waals surface area (Å²) in [6.07, 6.45) is 4.43. The molecule has 0 radical (unpaired) electrons. The van der Waals surface area contributed by atoms with Crippen molar-refractivity contribution in [1.29, 1.82) is 0 Å².